The number of benzene rings is 2. The number of alkyl halides is 1. The van der Waals surface area contributed by atoms with Crippen LogP contribution in [0.3, 0.4) is 0 Å². The molecule has 8 aliphatic rings. The molecule has 0 radical (unpaired) electrons. The number of hydrogen-bond acceptors (Lipinski definition) is 17. The number of phenolic OH excluding ortho intramolecular Hbond substituents is 1. The van der Waals surface area contributed by atoms with Gasteiger partial charge in [-0.2, -0.15) is 0 Å². The van der Waals surface area contributed by atoms with Crippen molar-refractivity contribution in [3.05, 3.63) is 116 Å². The number of aliphatic hydroxyl groups is 5. The molecule has 5 unspecified atom stereocenters. The third kappa shape index (κ3) is 12.4. The highest BCUT2D eigenvalue weighted by Crippen LogP contribution is 2.46. The summed E-state index contributed by atoms with van der Waals surface area (Å²) in [7, 11) is 1.51. The number of amides is 7. The summed E-state index contributed by atoms with van der Waals surface area (Å²) in [5, 5.41) is 96.4. The Labute approximate surface area is 472 Å². The molecule has 0 aromatic heterocycles. The van der Waals surface area contributed by atoms with E-state index in [4.69, 9.17) is 38.4 Å². The number of carbonyl (C=O) groups is 8. The van der Waals surface area contributed by atoms with Crippen LogP contribution in [0.5, 0.6) is 23.0 Å². The van der Waals surface area contributed by atoms with Crippen LogP contribution in [-0.4, -0.2) is 144 Å². The van der Waals surface area contributed by atoms with Gasteiger partial charge in [-0.05, 0) is 96.1 Å². The number of aliphatic hydroxyl groups excluding tert-OH is 5. The minimum absolute atomic E-state index is 0.00878. The van der Waals surface area contributed by atoms with Crippen LogP contribution < -0.4 is 52.4 Å². The lowest BCUT2D eigenvalue weighted by atomic mass is 9.75. The number of primary amides is 1. The van der Waals surface area contributed by atoms with E-state index in [1.807, 2.05) is 13.8 Å². The molecule has 5 aliphatic heterocycles. The summed E-state index contributed by atoms with van der Waals surface area (Å²) >= 11 is 13.8. The lowest BCUT2D eigenvalue weighted by molar-refractivity contribution is -0.142. The number of allylic oxidation sites excluding steroid dienone is 6. The normalized spacial score (nSPS) is 29.2. The summed E-state index contributed by atoms with van der Waals surface area (Å²) in [5.74, 6) is -15.6. The average molecular weight is 1160 g/mol. The number of nitrogens with one attached hydrogen (secondary N) is 7. The van der Waals surface area contributed by atoms with Gasteiger partial charge >= 0.3 is 5.97 Å². The molecule has 0 spiro atoms. The fourth-order valence-corrected chi connectivity index (χ4v) is 11.0. The molecule has 81 heavy (non-hydrogen) atoms. The zero-order chi connectivity index (χ0) is 59.0. The van der Waals surface area contributed by atoms with Crippen molar-refractivity contribution in [2.75, 3.05) is 7.05 Å². The van der Waals surface area contributed by atoms with E-state index >= 15 is 9.59 Å². The van der Waals surface area contributed by atoms with Crippen molar-refractivity contribution in [2.24, 2.45) is 23.5 Å². The minimum Gasteiger partial charge on any atom is -0.512 e. The average Bonchev–Trinajstić information content (AvgIpc) is 3.40. The Balaban J connectivity index is 1.34. The second-order valence-electron chi connectivity index (χ2n) is 20.8. The Kier molecular flexibility index (Phi) is 17.6. The van der Waals surface area contributed by atoms with Crippen molar-refractivity contribution in [1.82, 2.24) is 37.2 Å². The number of aromatic hydroxyl groups is 1. The number of rotatable bonds is 8. The number of halogens is 2. The second-order valence-corrected chi connectivity index (χ2v) is 21.6. The van der Waals surface area contributed by atoms with E-state index in [-0.39, 0.29) is 62.3 Å². The van der Waals surface area contributed by atoms with E-state index in [9.17, 15) is 64.5 Å². The van der Waals surface area contributed by atoms with Gasteiger partial charge in [-0.15, -0.1) is 11.6 Å². The quantitative estimate of drug-likeness (QED) is 0.162. The summed E-state index contributed by atoms with van der Waals surface area (Å²) in [6.07, 6.45) is -1.18. The maximum Gasteiger partial charge on any atom is 0.330 e. The highest BCUT2D eigenvalue weighted by Gasteiger charge is 2.46. The summed E-state index contributed by atoms with van der Waals surface area (Å²) in [4.78, 5) is 114. The maximum absolute atomic E-state index is 15.4. The Hall–Kier alpha value is -7.94. The molecule has 1 saturated heterocycles. The van der Waals surface area contributed by atoms with Gasteiger partial charge < -0.3 is 88.2 Å². The molecule has 11 bridgehead atoms. The first-order chi connectivity index (χ1) is 38.3. The van der Waals surface area contributed by atoms with Crippen molar-refractivity contribution in [3.63, 3.8) is 0 Å². The molecule has 25 nitrogen and oxygen atoms in total. The van der Waals surface area contributed by atoms with Gasteiger partial charge in [0, 0.05) is 23.8 Å². The topological polar surface area (TPSA) is 407 Å². The smallest absolute Gasteiger partial charge is 0.330 e. The van der Waals surface area contributed by atoms with Crippen LogP contribution in [0.1, 0.15) is 69.7 Å². The molecule has 13 atom stereocenters. The predicted molar refractivity (Wildman–Crippen MR) is 286 cm³/mol. The van der Waals surface area contributed by atoms with Crippen molar-refractivity contribution in [2.45, 2.75) is 112 Å². The Morgan fingerprint density at radius 1 is 0.790 bits per heavy atom. The summed E-state index contributed by atoms with van der Waals surface area (Å²) in [6, 6.07) is -7.24. The number of ether oxygens (including phenoxy) is 2. The first-order valence-electron chi connectivity index (χ1n) is 25.6. The van der Waals surface area contributed by atoms with Crippen molar-refractivity contribution in [3.8, 4) is 23.0 Å². The van der Waals surface area contributed by atoms with Crippen LogP contribution in [0.15, 0.2) is 100 Å². The van der Waals surface area contributed by atoms with E-state index in [2.05, 4.69) is 37.2 Å². The molecular formula is C54H60Cl2N8O17. The lowest BCUT2D eigenvalue weighted by Crippen LogP contribution is -2.62. The van der Waals surface area contributed by atoms with Gasteiger partial charge in [0.25, 0.3) is 0 Å². The monoisotopic (exact) mass is 1160 g/mol. The Bertz CT molecular complexity index is 3170. The first kappa shape index (κ1) is 59.2. The van der Waals surface area contributed by atoms with Gasteiger partial charge in [-0.3, -0.25) is 33.6 Å². The predicted octanol–water partition coefficient (Wildman–Crippen LogP) is 0.786. The van der Waals surface area contributed by atoms with Crippen molar-refractivity contribution < 1.29 is 83.6 Å². The largest absolute Gasteiger partial charge is 0.512 e. The van der Waals surface area contributed by atoms with Crippen LogP contribution in [-0.2, 0) is 38.4 Å². The van der Waals surface area contributed by atoms with Crippen molar-refractivity contribution >= 4 is 70.5 Å². The summed E-state index contributed by atoms with van der Waals surface area (Å²) in [5.41, 5.74) is 4.54. The summed E-state index contributed by atoms with van der Waals surface area (Å²) < 4.78 is 12.4. The Morgan fingerprint density at radius 3 is 2.12 bits per heavy atom. The molecule has 7 amide bonds. The molecule has 0 saturated carbocycles. The van der Waals surface area contributed by atoms with Crippen LogP contribution >= 0.6 is 23.2 Å². The van der Waals surface area contributed by atoms with E-state index < -0.39 is 173 Å². The highest BCUT2D eigenvalue weighted by molar-refractivity contribution is 6.32. The maximum atomic E-state index is 15.4. The fraction of sp³-hybridized carbons (Fsp3) is 0.407. The molecule has 5 heterocycles. The zero-order valence-corrected chi connectivity index (χ0v) is 45.2. The van der Waals surface area contributed by atoms with Crippen LogP contribution in [0.4, 0.5) is 0 Å². The highest BCUT2D eigenvalue weighted by atomic mass is 35.5. The number of phenols is 1. The number of aliphatic carboxylic acids is 1. The molecule has 3 aliphatic carbocycles. The number of nitrogens with two attached hydrogens (primary N) is 1. The van der Waals surface area contributed by atoms with Gasteiger partial charge in [0.05, 0.1) is 34.7 Å². The number of carboxylic acids is 1. The minimum atomic E-state index is -2.12. The molecule has 27 heteroatoms. The van der Waals surface area contributed by atoms with Crippen LogP contribution in [0.25, 0.3) is 0 Å². The zero-order valence-electron chi connectivity index (χ0n) is 43.7. The summed E-state index contributed by atoms with van der Waals surface area (Å²) in [6.45, 7) is 5.21. The standard InChI is InChI=1S/C54H60Cl2N8O17/c1-19(2)11-29(58-4)48(72)63-43-45(69)22-6-9-33(28(55)13-22)80-35-14-23-15-36(47(35)71)81-34-10-7-25(20(3)39(34)56)46(70)44-53(77)62-42(54(78)79)27-16-24(65)17-32(67)38(27)26-12-21(5-8-31(26)66)40(50(74)64-44)61-51(75)41(23)60-49(73)30(18-37(57)68)59-52(43)76/h5-10,13-16,19-20,24,26,29-30,39-46,58,65-67,69-71H,11-12,17-18H2,1-4H3,(H2,57,68)(H,59,76)(H,60,73)(H,61,75)(H,62,77)(H,63,72)(H,64,74)(H,78,79)/t20?,24?,26?,29-,30+,39?,40?,41-,42+,43-,44+,45-,46-/m1/s1. The number of carbonyl (C=O) groups excluding carboxylic acids is 7. The van der Waals surface area contributed by atoms with Gasteiger partial charge in [0.2, 0.25) is 47.1 Å². The van der Waals surface area contributed by atoms with Crippen LogP contribution in [0, 0.1) is 17.8 Å². The second kappa shape index (κ2) is 24.0. The van der Waals surface area contributed by atoms with E-state index in [1.54, 1.807) is 0 Å². The van der Waals surface area contributed by atoms with Gasteiger partial charge in [0.1, 0.15) is 59.7 Å². The molecule has 2 aromatic rings. The molecular weight excluding hydrogens is 1100 g/mol. The number of likely N-dealkylation sites (N-methyl/N-ethyl adjacent to an activating group) is 1. The van der Waals surface area contributed by atoms with Gasteiger partial charge in [-0.25, -0.2) is 4.79 Å². The van der Waals surface area contributed by atoms with E-state index in [0.717, 1.165) is 24.3 Å². The van der Waals surface area contributed by atoms with Crippen LogP contribution in [0.2, 0.25) is 5.02 Å². The lowest BCUT2D eigenvalue weighted by Gasteiger charge is -2.37. The first-order valence-corrected chi connectivity index (χ1v) is 26.4. The van der Waals surface area contributed by atoms with Gasteiger partial charge in [-0.1, -0.05) is 50.6 Å². The third-order valence-corrected chi connectivity index (χ3v) is 15.6. The SMILES string of the molecule is CN[C@H](CC(C)C)C(=O)N[C@H]1C(=O)N[C@@H](CC(N)=O)C(=O)N[C@H]2C(=O)NC3C(=O)N[C@H](C(=O)N[C@H](C(=O)O)C4=CC(O)CC(O)=C4C4CC3=CC=C4O)[C@H](O)C3=CC=C(Oc4cc2cc(c4O)Oc2ccc(cc2Cl)[C@H]1O)C(Cl)C3C. The number of hydrogen-bond donors (Lipinski definition) is 15. The van der Waals surface area contributed by atoms with Gasteiger partial charge in [0.15, 0.2) is 17.5 Å². The molecule has 432 valence electrons. The number of carboxylic acid groups (broad SMARTS) is 1. The molecule has 10 rings (SSSR count). The third-order valence-electron chi connectivity index (χ3n) is 14.7. The molecule has 16 N–H and O–H groups in total. The molecule has 1 fully saturated rings. The fourth-order valence-electron chi connectivity index (χ4n) is 10.5. The van der Waals surface area contributed by atoms with E-state index in [0.29, 0.717) is 0 Å². The Morgan fingerprint density at radius 2 is 1.47 bits per heavy atom. The molecule has 2 aromatic carbocycles. The van der Waals surface area contributed by atoms with E-state index in [1.165, 1.54) is 50.4 Å². The van der Waals surface area contributed by atoms with Crippen molar-refractivity contribution in [1.29, 1.82) is 0 Å². The number of fused-ring (bicyclic) bond motifs is 15.